The number of fused-ring (bicyclic) bond motifs is 1. The highest BCUT2D eigenvalue weighted by Crippen LogP contribution is 2.15. The molecule has 0 atom stereocenters. The quantitative estimate of drug-likeness (QED) is 0.538. The lowest BCUT2D eigenvalue weighted by atomic mass is 10.4. The number of aromatic nitrogens is 3. The minimum absolute atomic E-state index is 0.620. The molecule has 7 nitrogen and oxygen atoms in total. The molecule has 19 heavy (non-hydrogen) atoms. The van der Waals surface area contributed by atoms with Crippen LogP contribution in [-0.2, 0) is 0 Å². The summed E-state index contributed by atoms with van der Waals surface area (Å²) >= 11 is 0. The van der Waals surface area contributed by atoms with Crippen molar-refractivity contribution in [2.45, 2.75) is 12.8 Å². The highest BCUT2D eigenvalue weighted by Gasteiger charge is 2.11. The van der Waals surface area contributed by atoms with Gasteiger partial charge in [-0.2, -0.15) is 0 Å². The van der Waals surface area contributed by atoms with Crippen molar-refractivity contribution in [1.82, 2.24) is 19.3 Å². The van der Waals surface area contributed by atoms with E-state index in [9.17, 15) is 0 Å². The first-order chi connectivity index (χ1) is 9.36. The van der Waals surface area contributed by atoms with Crippen LogP contribution in [0.15, 0.2) is 18.6 Å². The summed E-state index contributed by atoms with van der Waals surface area (Å²) < 4.78 is 1.90. The summed E-state index contributed by atoms with van der Waals surface area (Å²) in [5.41, 5.74) is 3.39. The Labute approximate surface area is 111 Å². The molecule has 2 aromatic rings. The van der Waals surface area contributed by atoms with Crippen molar-refractivity contribution in [2.24, 2.45) is 5.84 Å². The van der Waals surface area contributed by atoms with E-state index in [1.165, 1.54) is 25.9 Å². The van der Waals surface area contributed by atoms with Gasteiger partial charge in [-0.15, -0.1) is 0 Å². The number of hydrogen-bond acceptors (Lipinski definition) is 6. The second-order valence-electron chi connectivity index (χ2n) is 4.75. The van der Waals surface area contributed by atoms with Gasteiger partial charge in [-0.3, -0.25) is 0 Å². The summed E-state index contributed by atoms with van der Waals surface area (Å²) in [6, 6.07) is 0. The molecule has 2 aromatic heterocycles. The summed E-state index contributed by atoms with van der Waals surface area (Å²) in [4.78, 5) is 11.2. The van der Waals surface area contributed by atoms with Crippen molar-refractivity contribution in [1.29, 1.82) is 0 Å². The first kappa shape index (κ1) is 12.2. The minimum atomic E-state index is 0.620. The molecular formula is C12H19N7. The summed E-state index contributed by atoms with van der Waals surface area (Å²) in [5.74, 6) is 6.81. The lowest BCUT2D eigenvalue weighted by Crippen LogP contribution is -2.26. The second-order valence-corrected chi connectivity index (χ2v) is 4.75. The molecule has 0 bridgehead atoms. The average molecular weight is 261 g/mol. The SMILES string of the molecule is NNc1cn2ccnc2c(NCCN2CCCC2)n1. The lowest BCUT2D eigenvalue weighted by Gasteiger charge is -2.15. The number of anilines is 2. The van der Waals surface area contributed by atoms with E-state index in [1.54, 1.807) is 6.20 Å². The van der Waals surface area contributed by atoms with Crippen LogP contribution in [0, 0.1) is 0 Å². The zero-order chi connectivity index (χ0) is 13.1. The Kier molecular flexibility index (Phi) is 3.47. The monoisotopic (exact) mass is 261 g/mol. The van der Waals surface area contributed by atoms with Crippen molar-refractivity contribution < 1.29 is 0 Å². The molecule has 0 radical (unpaired) electrons. The van der Waals surface area contributed by atoms with E-state index < -0.39 is 0 Å². The molecule has 0 aromatic carbocycles. The number of nitrogens with one attached hydrogen (secondary N) is 2. The van der Waals surface area contributed by atoms with E-state index in [1.807, 2.05) is 16.8 Å². The zero-order valence-electron chi connectivity index (χ0n) is 10.8. The van der Waals surface area contributed by atoms with Crippen LogP contribution in [0.1, 0.15) is 12.8 Å². The Morgan fingerprint density at radius 2 is 2.16 bits per heavy atom. The molecule has 1 aliphatic heterocycles. The van der Waals surface area contributed by atoms with Crippen LogP contribution in [0.2, 0.25) is 0 Å². The standard InChI is InChI=1S/C12H19N7/c13-17-10-9-19-8-4-15-12(19)11(16-10)14-3-7-18-5-1-2-6-18/h4,8-9,17H,1-3,5-7,13H2,(H,14,16). The van der Waals surface area contributed by atoms with E-state index in [4.69, 9.17) is 5.84 Å². The summed E-state index contributed by atoms with van der Waals surface area (Å²) in [7, 11) is 0. The molecular weight excluding hydrogens is 242 g/mol. The Morgan fingerprint density at radius 1 is 1.32 bits per heavy atom. The number of hydrazine groups is 1. The fraction of sp³-hybridized carbons (Fsp3) is 0.500. The fourth-order valence-electron chi connectivity index (χ4n) is 2.46. The van der Waals surface area contributed by atoms with Gasteiger partial charge in [0, 0.05) is 25.5 Å². The molecule has 7 heteroatoms. The molecule has 4 N–H and O–H groups in total. The maximum Gasteiger partial charge on any atom is 0.180 e. The predicted molar refractivity (Wildman–Crippen MR) is 75.0 cm³/mol. The number of rotatable bonds is 5. The van der Waals surface area contributed by atoms with Gasteiger partial charge in [0.15, 0.2) is 17.3 Å². The Hall–Kier alpha value is -1.86. The summed E-state index contributed by atoms with van der Waals surface area (Å²) in [5, 5.41) is 3.34. The number of nitrogen functional groups attached to an aromatic ring is 1. The molecule has 1 fully saturated rings. The first-order valence-corrected chi connectivity index (χ1v) is 6.63. The van der Waals surface area contributed by atoms with Crippen molar-refractivity contribution in [3.8, 4) is 0 Å². The minimum Gasteiger partial charge on any atom is -0.366 e. The lowest BCUT2D eigenvalue weighted by molar-refractivity contribution is 0.352. The van der Waals surface area contributed by atoms with Crippen molar-refractivity contribution in [2.75, 3.05) is 36.9 Å². The van der Waals surface area contributed by atoms with Crippen molar-refractivity contribution in [3.63, 3.8) is 0 Å². The maximum atomic E-state index is 5.42. The number of nitrogens with two attached hydrogens (primary N) is 1. The molecule has 0 amide bonds. The van der Waals surface area contributed by atoms with Crippen molar-refractivity contribution in [3.05, 3.63) is 18.6 Å². The molecule has 1 saturated heterocycles. The second kappa shape index (κ2) is 5.41. The number of likely N-dealkylation sites (tertiary alicyclic amines) is 1. The van der Waals surface area contributed by atoms with Crippen LogP contribution in [0.3, 0.4) is 0 Å². The maximum absolute atomic E-state index is 5.42. The van der Waals surface area contributed by atoms with Crippen molar-refractivity contribution >= 4 is 17.3 Å². The van der Waals surface area contributed by atoms with Gasteiger partial charge < -0.3 is 20.0 Å². The van der Waals surface area contributed by atoms with Gasteiger partial charge in [0.2, 0.25) is 0 Å². The Bertz CT molecular complexity index is 544. The highest BCUT2D eigenvalue weighted by molar-refractivity contribution is 5.65. The van der Waals surface area contributed by atoms with Gasteiger partial charge in [0.25, 0.3) is 0 Å². The number of hydrogen-bond donors (Lipinski definition) is 3. The topological polar surface area (TPSA) is 83.5 Å². The molecule has 102 valence electrons. The third-order valence-corrected chi connectivity index (χ3v) is 3.44. The molecule has 0 aliphatic carbocycles. The van der Waals surface area contributed by atoms with Crippen LogP contribution in [-0.4, -0.2) is 45.4 Å². The van der Waals surface area contributed by atoms with Gasteiger partial charge >= 0.3 is 0 Å². The molecule has 0 saturated carbocycles. The van der Waals surface area contributed by atoms with Crippen LogP contribution < -0.4 is 16.6 Å². The zero-order valence-corrected chi connectivity index (χ0v) is 10.8. The summed E-state index contributed by atoms with van der Waals surface area (Å²) in [6.07, 6.45) is 8.07. The van der Waals surface area contributed by atoms with Crippen LogP contribution in [0.25, 0.3) is 5.65 Å². The van der Waals surface area contributed by atoms with Gasteiger partial charge in [-0.25, -0.2) is 15.8 Å². The van der Waals surface area contributed by atoms with E-state index in [0.717, 1.165) is 24.6 Å². The number of imidazole rings is 1. The van der Waals surface area contributed by atoms with Crippen LogP contribution in [0.4, 0.5) is 11.6 Å². The predicted octanol–water partition coefficient (Wildman–Crippen LogP) is 0.523. The fourth-order valence-corrected chi connectivity index (χ4v) is 2.46. The molecule has 1 aliphatic rings. The molecule has 0 unspecified atom stereocenters. The molecule has 3 rings (SSSR count). The Morgan fingerprint density at radius 3 is 2.95 bits per heavy atom. The first-order valence-electron chi connectivity index (χ1n) is 6.63. The normalized spacial score (nSPS) is 16.1. The van der Waals surface area contributed by atoms with E-state index in [0.29, 0.717) is 5.82 Å². The molecule has 3 heterocycles. The van der Waals surface area contributed by atoms with E-state index in [-0.39, 0.29) is 0 Å². The van der Waals surface area contributed by atoms with Gasteiger partial charge in [0.1, 0.15) is 0 Å². The smallest absolute Gasteiger partial charge is 0.180 e. The third-order valence-electron chi connectivity index (χ3n) is 3.44. The van der Waals surface area contributed by atoms with E-state index >= 15 is 0 Å². The average Bonchev–Trinajstić information content (AvgIpc) is 3.08. The largest absolute Gasteiger partial charge is 0.366 e. The van der Waals surface area contributed by atoms with Crippen LogP contribution >= 0.6 is 0 Å². The highest BCUT2D eigenvalue weighted by atomic mass is 15.3. The number of nitrogens with zero attached hydrogens (tertiary/aromatic N) is 4. The van der Waals surface area contributed by atoms with Gasteiger partial charge in [-0.1, -0.05) is 0 Å². The third kappa shape index (κ3) is 2.61. The van der Waals surface area contributed by atoms with E-state index in [2.05, 4.69) is 25.6 Å². The summed E-state index contributed by atoms with van der Waals surface area (Å²) in [6.45, 7) is 4.31. The van der Waals surface area contributed by atoms with Gasteiger partial charge in [0.05, 0.1) is 6.20 Å². The van der Waals surface area contributed by atoms with Gasteiger partial charge in [-0.05, 0) is 25.9 Å². The Balaban J connectivity index is 1.70. The van der Waals surface area contributed by atoms with Crippen LogP contribution in [0.5, 0.6) is 0 Å². The molecule has 0 spiro atoms.